The van der Waals surface area contributed by atoms with Crippen molar-refractivity contribution in [3.05, 3.63) is 30.1 Å². The van der Waals surface area contributed by atoms with Gasteiger partial charge in [-0.25, -0.2) is 4.98 Å². The number of hydrogen-bond donors (Lipinski definition) is 1. The van der Waals surface area contributed by atoms with E-state index in [9.17, 15) is 4.79 Å². The lowest BCUT2D eigenvalue weighted by atomic mass is 9.98. The van der Waals surface area contributed by atoms with E-state index in [-0.39, 0.29) is 12.5 Å². The predicted octanol–water partition coefficient (Wildman–Crippen LogP) is 3.24. The normalized spacial score (nSPS) is 31.4. The third-order valence-electron chi connectivity index (χ3n) is 6.55. The lowest BCUT2D eigenvalue weighted by Crippen LogP contribution is -2.59. The van der Waals surface area contributed by atoms with Gasteiger partial charge in [-0.3, -0.25) is 4.79 Å². The zero-order valence-electron chi connectivity index (χ0n) is 20.6. The van der Waals surface area contributed by atoms with E-state index in [1.54, 1.807) is 0 Å². The number of nitrogens with one attached hydrogen (secondary N) is 1. The van der Waals surface area contributed by atoms with Crippen molar-refractivity contribution >= 4 is 16.9 Å². The molecule has 9 heteroatoms. The van der Waals surface area contributed by atoms with Gasteiger partial charge in [-0.1, -0.05) is 31.9 Å². The summed E-state index contributed by atoms with van der Waals surface area (Å²) in [7, 11) is 0. The summed E-state index contributed by atoms with van der Waals surface area (Å²) in [6, 6.07) is 8.06. The van der Waals surface area contributed by atoms with E-state index in [1.807, 2.05) is 45.9 Å². The van der Waals surface area contributed by atoms with Gasteiger partial charge in [0.15, 0.2) is 24.0 Å². The standard InChI is InChI=1S/C25H35N3O6/c1-6-7-10-13-28-16-12-9-8-11-15(16)27-17(28)14-26-22(29)20-18-19(32-24(2,3)31-18)21-23(30-20)34-25(4,5)33-21/h8-9,11-12,18-21,23H,6-7,10,13-14H2,1-5H3,(H,26,29). The van der Waals surface area contributed by atoms with Crippen LogP contribution in [-0.2, 0) is 41.6 Å². The topological polar surface area (TPSA) is 93.1 Å². The number of amides is 1. The lowest BCUT2D eigenvalue weighted by Gasteiger charge is -2.36. The molecular formula is C25H35N3O6. The number of aryl methyl sites for hydroxylation is 1. The molecule has 1 amide bonds. The van der Waals surface area contributed by atoms with E-state index in [4.69, 9.17) is 28.7 Å². The minimum atomic E-state index is -0.886. The van der Waals surface area contributed by atoms with Crippen molar-refractivity contribution in [3.63, 3.8) is 0 Å². The fourth-order valence-electron chi connectivity index (χ4n) is 5.12. The number of imidazole rings is 1. The molecule has 186 valence electrons. The van der Waals surface area contributed by atoms with Crippen LogP contribution in [0.2, 0.25) is 0 Å². The SMILES string of the molecule is CCCCCn1c(CNC(=O)C2OC3OC(C)(C)OC3C3OC(C)(C)OC23)nc2ccccc21. The summed E-state index contributed by atoms with van der Waals surface area (Å²) in [4.78, 5) is 18.1. The van der Waals surface area contributed by atoms with Gasteiger partial charge in [0.25, 0.3) is 5.91 Å². The smallest absolute Gasteiger partial charge is 0.252 e. The zero-order chi connectivity index (χ0) is 24.1. The van der Waals surface area contributed by atoms with Gasteiger partial charge in [-0.05, 0) is 46.2 Å². The monoisotopic (exact) mass is 473 g/mol. The minimum Gasteiger partial charge on any atom is -0.347 e. The molecule has 5 atom stereocenters. The molecule has 1 N–H and O–H groups in total. The third-order valence-corrected chi connectivity index (χ3v) is 6.55. The van der Waals surface area contributed by atoms with Gasteiger partial charge >= 0.3 is 0 Å². The van der Waals surface area contributed by atoms with E-state index in [0.717, 1.165) is 42.7 Å². The number of unbranched alkanes of at least 4 members (excludes halogenated alkanes) is 2. The maximum Gasteiger partial charge on any atom is 0.252 e. The number of aromatic nitrogens is 2. The van der Waals surface area contributed by atoms with E-state index in [2.05, 4.69) is 22.9 Å². The van der Waals surface area contributed by atoms with Crippen molar-refractivity contribution in [2.24, 2.45) is 0 Å². The van der Waals surface area contributed by atoms with Gasteiger partial charge in [0.2, 0.25) is 0 Å². The Bertz CT molecular complexity index is 1050. The molecule has 0 bridgehead atoms. The second-order valence-electron chi connectivity index (χ2n) is 10.2. The van der Waals surface area contributed by atoms with Crippen LogP contribution in [0.1, 0.15) is 59.7 Å². The summed E-state index contributed by atoms with van der Waals surface area (Å²) in [5.41, 5.74) is 2.00. The maximum absolute atomic E-state index is 13.4. The molecule has 0 spiro atoms. The van der Waals surface area contributed by atoms with Gasteiger partial charge in [-0.15, -0.1) is 0 Å². The Morgan fingerprint density at radius 2 is 1.71 bits per heavy atom. The summed E-state index contributed by atoms with van der Waals surface area (Å²) in [5, 5.41) is 3.02. The quantitative estimate of drug-likeness (QED) is 0.617. The average Bonchev–Trinajstić information content (AvgIpc) is 3.40. The van der Waals surface area contributed by atoms with Crippen LogP contribution < -0.4 is 5.32 Å². The molecule has 3 saturated heterocycles. The van der Waals surface area contributed by atoms with E-state index in [0.29, 0.717) is 0 Å². The molecular weight excluding hydrogens is 438 g/mol. The van der Waals surface area contributed by atoms with Crippen LogP contribution in [0.15, 0.2) is 24.3 Å². The fraction of sp³-hybridized carbons (Fsp3) is 0.680. The third kappa shape index (κ3) is 4.47. The molecule has 3 aliphatic rings. The summed E-state index contributed by atoms with van der Waals surface area (Å²) >= 11 is 0. The first kappa shape index (κ1) is 23.7. The molecule has 5 unspecified atom stereocenters. The summed E-state index contributed by atoms with van der Waals surface area (Å²) in [6.45, 7) is 10.6. The van der Waals surface area contributed by atoms with Crippen LogP contribution in [0.5, 0.6) is 0 Å². The number of carbonyl (C=O) groups excluding carboxylic acids is 1. The Hall–Kier alpha value is -2.04. The first-order chi connectivity index (χ1) is 16.2. The number of para-hydroxylation sites is 2. The van der Waals surface area contributed by atoms with E-state index in [1.165, 1.54) is 0 Å². The number of rotatable bonds is 7. The highest BCUT2D eigenvalue weighted by atomic mass is 16.9. The Balaban J connectivity index is 1.33. The second-order valence-corrected chi connectivity index (χ2v) is 10.2. The number of fused-ring (bicyclic) bond motifs is 4. The van der Waals surface area contributed by atoms with Gasteiger partial charge < -0.3 is 33.6 Å². The molecule has 0 saturated carbocycles. The summed E-state index contributed by atoms with van der Waals surface area (Å²) < 4.78 is 32.4. The highest BCUT2D eigenvalue weighted by molar-refractivity contribution is 5.82. The lowest BCUT2D eigenvalue weighted by molar-refractivity contribution is -0.231. The first-order valence-corrected chi connectivity index (χ1v) is 12.3. The predicted molar refractivity (Wildman–Crippen MR) is 124 cm³/mol. The summed E-state index contributed by atoms with van der Waals surface area (Å²) in [5.74, 6) is -1.14. The Labute approximate surface area is 200 Å². The van der Waals surface area contributed by atoms with Crippen molar-refractivity contribution in [1.29, 1.82) is 0 Å². The van der Waals surface area contributed by atoms with Gasteiger partial charge in [0.1, 0.15) is 24.1 Å². The van der Waals surface area contributed by atoms with Crippen LogP contribution in [0.25, 0.3) is 11.0 Å². The van der Waals surface area contributed by atoms with E-state index < -0.39 is 42.3 Å². The molecule has 2 aromatic rings. The number of benzene rings is 1. The Morgan fingerprint density at radius 3 is 2.50 bits per heavy atom. The van der Waals surface area contributed by atoms with Crippen molar-refractivity contribution < 1.29 is 28.5 Å². The highest BCUT2D eigenvalue weighted by Crippen LogP contribution is 2.44. The van der Waals surface area contributed by atoms with Crippen molar-refractivity contribution in [2.75, 3.05) is 0 Å². The average molecular weight is 474 g/mol. The summed E-state index contributed by atoms with van der Waals surface area (Å²) in [6.07, 6.45) is 0.223. The molecule has 4 heterocycles. The zero-order valence-corrected chi connectivity index (χ0v) is 20.6. The van der Waals surface area contributed by atoms with Gasteiger partial charge in [0.05, 0.1) is 17.6 Å². The molecule has 5 rings (SSSR count). The van der Waals surface area contributed by atoms with Gasteiger partial charge in [0, 0.05) is 6.54 Å². The molecule has 3 aliphatic heterocycles. The van der Waals surface area contributed by atoms with Crippen LogP contribution in [0.3, 0.4) is 0 Å². The molecule has 0 aliphatic carbocycles. The van der Waals surface area contributed by atoms with Crippen molar-refractivity contribution in [3.8, 4) is 0 Å². The Kier molecular flexibility index (Phi) is 6.18. The molecule has 34 heavy (non-hydrogen) atoms. The van der Waals surface area contributed by atoms with Crippen LogP contribution in [0, 0.1) is 0 Å². The first-order valence-electron chi connectivity index (χ1n) is 12.3. The Morgan fingerprint density at radius 1 is 1.00 bits per heavy atom. The molecule has 1 aromatic heterocycles. The minimum absolute atomic E-state index is 0.282. The largest absolute Gasteiger partial charge is 0.347 e. The van der Waals surface area contributed by atoms with Crippen molar-refractivity contribution in [1.82, 2.24) is 14.9 Å². The highest BCUT2D eigenvalue weighted by Gasteiger charge is 2.62. The number of ether oxygens (including phenoxy) is 5. The number of carbonyl (C=O) groups is 1. The van der Waals surface area contributed by atoms with Crippen LogP contribution >= 0.6 is 0 Å². The van der Waals surface area contributed by atoms with E-state index >= 15 is 0 Å². The van der Waals surface area contributed by atoms with Crippen LogP contribution in [-0.4, -0.2) is 57.7 Å². The second kappa shape index (κ2) is 8.87. The fourth-order valence-corrected chi connectivity index (χ4v) is 5.12. The molecule has 3 fully saturated rings. The number of hydrogen-bond acceptors (Lipinski definition) is 7. The van der Waals surface area contributed by atoms with Crippen molar-refractivity contribution in [2.45, 2.75) is 109 Å². The van der Waals surface area contributed by atoms with Crippen LogP contribution in [0.4, 0.5) is 0 Å². The van der Waals surface area contributed by atoms with Gasteiger partial charge in [-0.2, -0.15) is 0 Å². The number of nitrogens with zero attached hydrogens (tertiary/aromatic N) is 2. The maximum atomic E-state index is 13.4. The molecule has 0 radical (unpaired) electrons. The molecule has 9 nitrogen and oxygen atoms in total. The molecule has 1 aromatic carbocycles.